The second-order valence-corrected chi connectivity index (χ2v) is 9.82. The van der Waals surface area contributed by atoms with Crippen molar-refractivity contribution < 1.29 is 18.9 Å². The predicted molar refractivity (Wildman–Crippen MR) is 127 cm³/mol. The number of amides is 3. The smallest absolute Gasteiger partial charge is 0.323 e. The molecule has 2 aromatic rings. The monoisotopic (exact) mass is 468 g/mol. The van der Waals surface area contributed by atoms with Crippen molar-refractivity contribution in [3.05, 3.63) is 58.3 Å². The van der Waals surface area contributed by atoms with E-state index in [1.54, 1.807) is 24.0 Å². The van der Waals surface area contributed by atoms with Gasteiger partial charge in [0.05, 0.1) is 36.4 Å². The van der Waals surface area contributed by atoms with Crippen LogP contribution in [0.15, 0.2) is 41.2 Å². The number of anilines is 2. The third kappa shape index (κ3) is 4.57. The summed E-state index contributed by atoms with van der Waals surface area (Å²) in [6.45, 7) is 5.84. The Kier molecular flexibility index (Phi) is 6.12. The number of hydrogen-bond acceptors (Lipinski definition) is 3. The largest absolute Gasteiger partial charge is 0.342 e. The minimum atomic E-state index is -0.467. The molecule has 2 fully saturated rings. The Morgan fingerprint density at radius 1 is 1.09 bits per heavy atom. The first-order valence-electron chi connectivity index (χ1n) is 12.0. The van der Waals surface area contributed by atoms with Crippen LogP contribution in [-0.4, -0.2) is 53.6 Å². The molecule has 1 aromatic heterocycles. The number of aromatic nitrogens is 1. The molecule has 1 aromatic carbocycles. The summed E-state index contributed by atoms with van der Waals surface area (Å²) in [6, 6.07) is 8.97. The Morgan fingerprint density at radius 2 is 1.88 bits per heavy atom. The number of fused-ring (bicyclic) bond motifs is 4. The van der Waals surface area contributed by atoms with Crippen LogP contribution in [0.3, 0.4) is 0 Å². The summed E-state index contributed by atoms with van der Waals surface area (Å²) in [7, 11) is 0. The van der Waals surface area contributed by atoms with Crippen LogP contribution in [-0.2, 0) is 11.3 Å². The van der Waals surface area contributed by atoms with Crippen molar-refractivity contribution in [2.24, 2.45) is 5.92 Å². The molecule has 0 radical (unpaired) electrons. The van der Waals surface area contributed by atoms with E-state index in [0.29, 0.717) is 29.9 Å². The lowest BCUT2D eigenvalue weighted by atomic mass is 9.81. The number of hydrogen-bond donors (Lipinski definition) is 3. The lowest BCUT2D eigenvalue weighted by Gasteiger charge is -2.45. The zero-order valence-electron chi connectivity index (χ0n) is 19.4. The van der Waals surface area contributed by atoms with Crippen molar-refractivity contribution in [2.45, 2.75) is 44.7 Å². The van der Waals surface area contributed by atoms with E-state index in [2.05, 4.69) is 10.6 Å². The fraction of sp³-hybridized carbons (Fsp3) is 0.480. The molecular formula is C25H31FN5O3+. The van der Waals surface area contributed by atoms with Gasteiger partial charge in [-0.3, -0.25) is 9.59 Å². The quantitative estimate of drug-likeness (QED) is 0.640. The van der Waals surface area contributed by atoms with E-state index in [0.717, 1.165) is 51.1 Å². The van der Waals surface area contributed by atoms with Gasteiger partial charge in [0, 0.05) is 57.1 Å². The molecule has 3 aliphatic heterocycles. The number of likely N-dealkylation sites (tertiary alicyclic amines) is 2. The van der Waals surface area contributed by atoms with Crippen molar-refractivity contribution in [2.75, 3.05) is 36.8 Å². The third-order valence-corrected chi connectivity index (χ3v) is 7.58. The SMILES string of the molecule is CC(=O)N1CCC([NH+]2C[C@@H]3C[C@H](C2)c2c(NC(=O)Nc4cccc(F)c4)ccc(=O)n2C3)CC1. The van der Waals surface area contributed by atoms with Crippen LogP contribution in [0.5, 0.6) is 0 Å². The van der Waals surface area contributed by atoms with Crippen LogP contribution in [0.4, 0.5) is 20.6 Å². The standard InChI is InChI=1S/C25H30FN5O3/c1-16(32)29-9-7-21(8-10-29)30-13-17-11-18(15-30)24-22(5-6-23(33)31(24)14-17)28-25(34)27-20-4-2-3-19(26)12-20/h2-6,12,17-18,21H,7-11,13-15H2,1H3,(H2,27,28,34)/p+1/t17-,18+/m0/s1. The van der Waals surface area contributed by atoms with Crippen molar-refractivity contribution in [1.29, 1.82) is 0 Å². The number of piperidine rings is 2. The minimum Gasteiger partial charge on any atom is -0.342 e. The zero-order valence-corrected chi connectivity index (χ0v) is 19.4. The first-order valence-corrected chi connectivity index (χ1v) is 12.0. The molecule has 3 N–H and O–H groups in total. The third-order valence-electron chi connectivity index (χ3n) is 7.58. The maximum Gasteiger partial charge on any atom is 0.323 e. The Balaban J connectivity index is 1.33. The van der Waals surface area contributed by atoms with Crippen LogP contribution in [0.2, 0.25) is 0 Å². The minimum absolute atomic E-state index is 0.0426. The van der Waals surface area contributed by atoms with Gasteiger partial charge in [-0.05, 0) is 30.7 Å². The van der Waals surface area contributed by atoms with Gasteiger partial charge in [0.25, 0.3) is 5.56 Å². The highest BCUT2D eigenvalue weighted by molar-refractivity contribution is 6.00. The second kappa shape index (κ2) is 9.21. The topological polar surface area (TPSA) is 87.9 Å². The van der Waals surface area contributed by atoms with E-state index in [-0.39, 0.29) is 17.4 Å². The molecule has 4 heterocycles. The van der Waals surface area contributed by atoms with Crippen molar-refractivity contribution in [3.8, 4) is 0 Å². The molecule has 9 heteroatoms. The average Bonchev–Trinajstić information content (AvgIpc) is 2.81. The van der Waals surface area contributed by atoms with Gasteiger partial charge >= 0.3 is 6.03 Å². The maximum atomic E-state index is 13.5. The first-order chi connectivity index (χ1) is 16.4. The van der Waals surface area contributed by atoms with Gasteiger partial charge in [0.2, 0.25) is 5.91 Å². The summed E-state index contributed by atoms with van der Waals surface area (Å²) in [6.07, 6.45) is 2.99. The Morgan fingerprint density at radius 3 is 2.62 bits per heavy atom. The number of carbonyl (C=O) groups is 2. The summed E-state index contributed by atoms with van der Waals surface area (Å²) in [5.41, 5.74) is 1.84. The average molecular weight is 469 g/mol. The van der Waals surface area contributed by atoms with Crippen LogP contribution in [0.1, 0.15) is 37.8 Å². The van der Waals surface area contributed by atoms with Gasteiger partial charge in [-0.25, -0.2) is 9.18 Å². The molecule has 0 spiro atoms. The van der Waals surface area contributed by atoms with Gasteiger partial charge < -0.3 is 25.0 Å². The number of nitrogens with zero attached hydrogens (tertiary/aromatic N) is 2. The van der Waals surface area contributed by atoms with Gasteiger partial charge in [0.1, 0.15) is 5.82 Å². The number of nitrogens with one attached hydrogen (secondary N) is 3. The van der Waals surface area contributed by atoms with E-state index in [4.69, 9.17) is 0 Å². The molecule has 8 nitrogen and oxygen atoms in total. The molecular weight excluding hydrogens is 437 g/mol. The van der Waals surface area contributed by atoms with Crippen LogP contribution in [0, 0.1) is 11.7 Å². The molecule has 5 rings (SSSR count). The number of pyridine rings is 1. The normalized spacial score (nSPS) is 24.3. The number of urea groups is 1. The molecule has 3 atom stereocenters. The molecule has 3 amide bonds. The molecule has 180 valence electrons. The molecule has 0 saturated carbocycles. The Labute approximate surface area is 197 Å². The van der Waals surface area contributed by atoms with E-state index < -0.39 is 11.8 Å². The van der Waals surface area contributed by atoms with E-state index in [9.17, 15) is 18.8 Å². The van der Waals surface area contributed by atoms with Crippen molar-refractivity contribution in [3.63, 3.8) is 0 Å². The van der Waals surface area contributed by atoms with E-state index in [1.165, 1.54) is 24.3 Å². The second-order valence-electron chi connectivity index (χ2n) is 9.82. The number of quaternary nitrogens is 1. The summed E-state index contributed by atoms with van der Waals surface area (Å²) in [5, 5.41) is 5.56. The maximum absolute atomic E-state index is 13.5. The number of rotatable bonds is 3. The lowest BCUT2D eigenvalue weighted by Crippen LogP contribution is -3.18. The zero-order chi connectivity index (χ0) is 23.8. The Hall–Kier alpha value is -3.20. The number of halogens is 1. The van der Waals surface area contributed by atoms with Crippen LogP contribution >= 0.6 is 0 Å². The van der Waals surface area contributed by atoms with E-state index >= 15 is 0 Å². The van der Waals surface area contributed by atoms with Crippen molar-refractivity contribution in [1.82, 2.24) is 9.47 Å². The highest BCUT2D eigenvalue weighted by atomic mass is 19.1. The molecule has 0 aliphatic carbocycles. The summed E-state index contributed by atoms with van der Waals surface area (Å²) in [4.78, 5) is 40.5. The molecule has 2 bridgehead atoms. The highest BCUT2D eigenvalue weighted by Gasteiger charge is 2.42. The van der Waals surface area contributed by atoms with Gasteiger partial charge in [0.15, 0.2) is 0 Å². The number of carbonyl (C=O) groups excluding carboxylic acids is 2. The van der Waals surface area contributed by atoms with Gasteiger partial charge in [-0.1, -0.05) is 6.07 Å². The van der Waals surface area contributed by atoms with Gasteiger partial charge in [-0.2, -0.15) is 0 Å². The first kappa shape index (κ1) is 22.6. The van der Waals surface area contributed by atoms with Gasteiger partial charge in [-0.15, -0.1) is 0 Å². The fourth-order valence-corrected chi connectivity index (χ4v) is 6.06. The molecule has 1 unspecified atom stereocenters. The Bertz CT molecular complexity index is 1160. The highest BCUT2D eigenvalue weighted by Crippen LogP contribution is 2.35. The predicted octanol–water partition coefficient (Wildman–Crippen LogP) is 1.64. The molecule has 34 heavy (non-hydrogen) atoms. The van der Waals surface area contributed by atoms with Crippen molar-refractivity contribution >= 4 is 23.3 Å². The van der Waals surface area contributed by atoms with Crippen LogP contribution < -0.4 is 21.1 Å². The lowest BCUT2D eigenvalue weighted by molar-refractivity contribution is -0.937. The number of benzene rings is 1. The fourth-order valence-electron chi connectivity index (χ4n) is 6.06. The summed E-state index contributed by atoms with van der Waals surface area (Å²) >= 11 is 0. The molecule has 3 aliphatic rings. The van der Waals surface area contributed by atoms with Crippen LogP contribution in [0.25, 0.3) is 0 Å². The molecule has 2 saturated heterocycles. The van der Waals surface area contributed by atoms with E-state index in [1.807, 2.05) is 9.47 Å². The summed E-state index contributed by atoms with van der Waals surface area (Å²) < 4.78 is 15.3. The summed E-state index contributed by atoms with van der Waals surface area (Å²) in [5.74, 6) is 0.309.